The molecule has 0 fully saturated rings. The minimum absolute atomic E-state index is 0.0108. The molecule has 0 bridgehead atoms. The van der Waals surface area contributed by atoms with Crippen LogP contribution < -0.4 is 0 Å². The highest BCUT2D eigenvalue weighted by Gasteiger charge is 2.26. The molecular weight excluding hydrogens is 332 g/mol. The fraction of sp³-hybridized carbons (Fsp3) is 0.375. The zero-order chi connectivity index (χ0) is 17.7. The Morgan fingerprint density at radius 3 is 2.54 bits per heavy atom. The molecule has 1 aromatic heterocycles. The van der Waals surface area contributed by atoms with E-state index in [1.54, 1.807) is 24.3 Å². The first-order chi connectivity index (χ1) is 11.4. The number of carbonyl (C=O) groups excluding carboxylic acids is 1. The maximum Gasteiger partial charge on any atom is 0.360 e. The molecule has 0 atom stereocenters. The number of hydrogen-bond acceptors (Lipinski definition) is 6. The number of oxazole rings is 1. The molecule has 24 heavy (non-hydrogen) atoms. The second-order valence-electron chi connectivity index (χ2n) is 5.27. The Labute approximate surface area is 141 Å². The van der Waals surface area contributed by atoms with Gasteiger partial charge in [-0.1, -0.05) is 24.6 Å². The van der Waals surface area contributed by atoms with Gasteiger partial charge in [-0.3, -0.25) is 0 Å². The number of sulfonamides is 1. The van der Waals surface area contributed by atoms with E-state index in [1.807, 2.05) is 13.8 Å². The van der Waals surface area contributed by atoms with E-state index in [2.05, 4.69) is 9.72 Å². The van der Waals surface area contributed by atoms with Crippen LogP contribution in [0, 0.1) is 6.92 Å². The number of ether oxygens (including phenoxy) is 1. The van der Waals surface area contributed by atoms with E-state index in [9.17, 15) is 13.2 Å². The van der Waals surface area contributed by atoms with Crippen LogP contribution in [-0.4, -0.2) is 37.3 Å². The molecule has 0 saturated carbocycles. The van der Waals surface area contributed by atoms with E-state index in [1.165, 1.54) is 11.4 Å². The van der Waals surface area contributed by atoms with Gasteiger partial charge < -0.3 is 9.15 Å². The lowest BCUT2D eigenvalue weighted by molar-refractivity contribution is 0.0594. The summed E-state index contributed by atoms with van der Waals surface area (Å²) in [6.45, 7) is 4.03. The van der Waals surface area contributed by atoms with Crippen molar-refractivity contribution >= 4 is 16.0 Å². The molecule has 130 valence electrons. The zero-order valence-electron chi connectivity index (χ0n) is 13.9. The van der Waals surface area contributed by atoms with Crippen LogP contribution in [0.25, 0.3) is 0 Å². The average Bonchev–Trinajstić information content (AvgIpc) is 3.03. The summed E-state index contributed by atoms with van der Waals surface area (Å²) in [4.78, 5) is 15.6. The Morgan fingerprint density at radius 2 is 1.96 bits per heavy atom. The normalized spacial score (nSPS) is 11.7. The fourth-order valence-corrected chi connectivity index (χ4v) is 3.61. The summed E-state index contributed by atoms with van der Waals surface area (Å²) in [6, 6.07) is 6.64. The molecule has 2 aromatic rings. The van der Waals surface area contributed by atoms with Gasteiger partial charge in [-0.05, 0) is 25.5 Å². The third kappa shape index (κ3) is 4.01. The number of methoxy groups -OCH3 is 1. The van der Waals surface area contributed by atoms with Crippen LogP contribution >= 0.6 is 0 Å². The van der Waals surface area contributed by atoms with Crippen LogP contribution in [0.1, 0.15) is 35.3 Å². The van der Waals surface area contributed by atoms with Crippen molar-refractivity contribution in [1.82, 2.24) is 9.29 Å². The van der Waals surface area contributed by atoms with Crippen molar-refractivity contribution in [3.05, 3.63) is 47.7 Å². The number of carbonyl (C=O) groups is 1. The van der Waals surface area contributed by atoms with Gasteiger partial charge >= 0.3 is 5.97 Å². The topological polar surface area (TPSA) is 89.7 Å². The van der Waals surface area contributed by atoms with Crippen LogP contribution in [0.15, 0.2) is 39.8 Å². The molecule has 2 rings (SSSR count). The first-order valence-electron chi connectivity index (χ1n) is 7.48. The van der Waals surface area contributed by atoms with Gasteiger partial charge in [0.05, 0.1) is 18.6 Å². The quantitative estimate of drug-likeness (QED) is 0.711. The predicted molar refractivity (Wildman–Crippen MR) is 86.9 cm³/mol. The third-order valence-electron chi connectivity index (χ3n) is 3.39. The SMILES string of the molecule is CCCN(Cc1nc(C(=O)OC)co1)S(=O)(=O)c1ccc(C)cc1. The molecule has 1 aromatic carbocycles. The molecule has 0 N–H and O–H groups in total. The number of benzene rings is 1. The highest BCUT2D eigenvalue weighted by atomic mass is 32.2. The third-order valence-corrected chi connectivity index (χ3v) is 5.25. The van der Waals surface area contributed by atoms with Crippen LogP contribution in [0.5, 0.6) is 0 Å². The lowest BCUT2D eigenvalue weighted by Gasteiger charge is -2.20. The highest BCUT2D eigenvalue weighted by molar-refractivity contribution is 7.89. The molecule has 8 heteroatoms. The van der Waals surface area contributed by atoms with Crippen LogP contribution in [0.3, 0.4) is 0 Å². The lowest BCUT2D eigenvalue weighted by atomic mass is 10.2. The first-order valence-corrected chi connectivity index (χ1v) is 8.92. The Bertz CT molecular complexity index is 796. The van der Waals surface area contributed by atoms with E-state index >= 15 is 0 Å². The molecule has 7 nitrogen and oxygen atoms in total. The van der Waals surface area contributed by atoms with Gasteiger partial charge in [0.25, 0.3) is 0 Å². The van der Waals surface area contributed by atoms with Crippen LogP contribution in [0.2, 0.25) is 0 Å². The van der Waals surface area contributed by atoms with Gasteiger partial charge in [0.1, 0.15) is 6.26 Å². The summed E-state index contributed by atoms with van der Waals surface area (Å²) in [5.41, 5.74) is 0.989. The van der Waals surface area contributed by atoms with Crippen molar-refractivity contribution in [3.8, 4) is 0 Å². The molecular formula is C16H20N2O5S. The molecule has 1 heterocycles. The maximum absolute atomic E-state index is 12.8. The minimum atomic E-state index is -3.68. The molecule has 0 aliphatic rings. The van der Waals surface area contributed by atoms with Crippen molar-refractivity contribution < 1.29 is 22.4 Å². The zero-order valence-corrected chi connectivity index (χ0v) is 14.7. The molecule has 0 spiro atoms. The van der Waals surface area contributed by atoms with E-state index in [0.29, 0.717) is 13.0 Å². The second-order valence-corrected chi connectivity index (χ2v) is 7.21. The summed E-state index contributed by atoms with van der Waals surface area (Å²) in [7, 11) is -2.44. The average molecular weight is 352 g/mol. The van der Waals surface area contributed by atoms with Crippen LogP contribution in [-0.2, 0) is 21.3 Å². The molecule has 0 aliphatic carbocycles. The number of esters is 1. The van der Waals surface area contributed by atoms with Gasteiger partial charge in [0, 0.05) is 6.54 Å². The largest absolute Gasteiger partial charge is 0.464 e. The van der Waals surface area contributed by atoms with Crippen molar-refractivity contribution in [2.45, 2.75) is 31.7 Å². The highest BCUT2D eigenvalue weighted by Crippen LogP contribution is 2.19. The number of hydrogen-bond donors (Lipinski definition) is 0. The van der Waals surface area contributed by atoms with Crippen LogP contribution in [0.4, 0.5) is 0 Å². The molecule has 0 radical (unpaired) electrons. The van der Waals surface area contributed by atoms with Crippen molar-refractivity contribution in [1.29, 1.82) is 0 Å². The first kappa shape index (κ1) is 18.2. The summed E-state index contributed by atoms with van der Waals surface area (Å²) < 4.78 is 36.6. The van der Waals surface area contributed by atoms with Crippen molar-refractivity contribution in [2.24, 2.45) is 0 Å². The smallest absolute Gasteiger partial charge is 0.360 e. The van der Waals surface area contributed by atoms with Gasteiger partial charge in [-0.25, -0.2) is 18.2 Å². The number of aryl methyl sites for hydroxylation is 1. The van der Waals surface area contributed by atoms with E-state index in [-0.39, 0.29) is 23.0 Å². The molecule has 0 aliphatic heterocycles. The molecule has 0 amide bonds. The fourth-order valence-electron chi connectivity index (χ4n) is 2.13. The van der Waals surface area contributed by atoms with Gasteiger partial charge in [-0.15, -0.1) is 0 Å². The standard InChI is InChI=1S/C16H20N2O5S/c1-4-9-18(10-15-17-14(11-23-15)16(19)22-3)24(20,21)13-7-5-12(2)6-8-13/h5-8,11H,4,9-10H2,1-3H3. The summed E-state index contributed by atoms with van der Waals surface area (Å²) >= 11 is 0. The number of rotatable bonds is 7. The van der Waals surface area contributed by atoms with E-state index < -0.39 is 16.0 Å². The monoisotopic (exact) mass is 352 g/mol. The van der Waals surface area contributed by atoms with Gasteiger partial charge in [-0.2, -0.15) is 4.31 Å². The summed E-state index contributed by atoms with van der Waals surface area (Å²) in [5.74, 6) is -0.493. The molecule has 0 unspecified atom stereocenters. The van der Waals surface area contributed by atoms with Crippen molar-refractivity contribution in [2.75, 3.05) is 13.7 Å². The van der Waals surface area contributed by atoms with Crippen molar-refractivity contribution in [3.63, 3.8) is 0 Å². The summed E-state index contributed by atoms with van der Waals surface area (Å²) in [6.07, 6.45) is 1.79. The number of nitrogens with zero attached hydrogens (tertiary/aromatic N) is 2. The Balaban J connectivity index is 2.26. The number of aromatic nitrogens is 1. The maximum atomic E-state index is 12.8. The predicted octanol–water partition coefficient (Wildman–Crippen LogP) is 2.37. The lowest BCUT2D eigenvalue weighted by Crippen LogP contribution is -2.31. The second kappa shape index (κ2) is 7.59. The van der Waals surface area contributed by atoms with Gasteiger partial charge in [0.15, 0.2) is 5.69 Å². The minimum Gasteiger partial charge on any atom is -0.464 e. The Hall–Kier alpha value is -2.19. The van der Waals surface area contributed by atoms with E-state index in [0.717, 1.165) is 11.8 Å². The molecule has 0 saturated heterocycles. The van der Waals surface area contributed by atoms with E-state index in [4.69, 9.17) is 4.42 Å². The Morgan fingerprint density at radius 1 is 1.29 bits per heavy atom. The Kier molecular flexibility index (Phi) is 5.74. The summed E-state index contributed by atoms with van der Waals surface area (Å²) in [5, 5.41) is 0. The van der Waals surface area contributed by atoms with Gasteiger partial charge in [0.2, 0.25) is 15.9 Å².